The summed E-state index contributed by atoms with van der Waals surface area (Å²) in [5.41, 5.74) is 2.89. The van der Waals surface area contributed by atoms with E-state index in [0.29, 0.717) is 18.2 Å². The van der Waals surface area contributed by atoms with Crippen molar-refractivity contribution in [2.45, 2.75) is 18.8 Å². The van der Waals surface area contributed by atoms with Crippen molar-refractivity contribution in [2.24, 2.45) is 7.05 Å². The van der Waals surface area contributed by atoms with Crippen LogP contribution in [0.4, 0.5) is 0 Å². The molecule has 0 aromatic carbocycles. The van der Waals surface area contributed by atoms with E-state index in [1.54, 1.807) is 24.0 Å². The van der Waals surface area contributed by atoms with Crippen molar-refractivity contribution >= 4 is 5.91 Å². The fraction of sp³-hybridized carbons (Fsp3) is 0.357. The van der Waals surface area contributed by atoms with Gasteiger partial charge in [-0.1, -0.05) is 6.07 Å². The minimum atomic E-state index is -0.120. The molecule has 5 nitrogen and oxygen atoms in total. The number of hydrogen-bond donors (Lipinski definition) is 1. The minimum Gasteiger partial charge on any atom is -0.350 e. The van der Waals surface area contributed by atoms with E-state index in [9.17, 15) is 4.79 Å². The summed E-state index contributed by atoms with van der Waals surface area (Å²) in [5, 5.41) is 7.03. The number of pyridine rings is 1. The van der Waals surface area contributed by atoms with Gasteiger partial charge in [-0.3, -0.25) is 14.5 Å². The quantitative estimate of drug-likeness (QED) is 0.899. The molecule has 0 aliphatic heterocycles. The highest BCUT2D eigenvalue weighted by Crippen LogP contribution is 2.30. The molecular formula is C14H16N4O. The molecule has 1 aliphatic carbocycles. The Kier molecular flexibility index (Phi) is 3.03. The minimum absolute atomic E-state index is 0.120. The largest absolute Gasteiger partial charge is 0.350 e. The van der Waals surface area contributed by atoms with Gasteiger partial charge in [-0.15, -0.1) is 0 Å². The van der Waals surface area contributed by atoms with Crippen LogP contribution in [0.1, 0.15) is 34.1 Å². The van der Waals surface area contributed by atoms with Gasteiger partial charge in [0.05, 0.1) is 0 Å². The number of rotatable bonds is 3. The Labute approximate surface area is 111 Å². The van der Waals surface area contributed by atoms with Crippen molar-refractivity contribution in [1.29, 1.82) is 0 Å². The molecule has 0 spiro atoms. The first kappa shape index (κ1) is 11.9. The summed E-state index contributed by atoms with van der Waals surface area (Å²) < 4.78 is 1.63. The lowest BCUT2D eigenvalue weighted by Crippen LogP contribution is -2.28. The zero-order chi connectivity index (χ0) is 13.2. The van der Waals surface area contributed by atoms with E-state index in [2.05, 4.69) is 21.5 Å². The molecule has 5 heteroatoms. The van der Waals surface area contributed by atoms with E-state index in [1.165, 1.54) is 5.56 Å². The summed E-state index contributed by atoms with van der Waals surface area (Å²) in [5.74, 6) is 0.203. The highest BCUT2D eigenvalue weighted by Gasteiger charge is 2.24. The molecule has 1 aliphatic rings. The van der Waals surface area contributed by atoms with Gasteiger partial charge < -0.3 is 5.32 Å². The second-order valence-electron chi connectivity index (χ2n) is 4.87. The maximum absolute atomic E-state index is 11.9. The van der Waals surface area contributed by atoms with Gasteiger partial charge in [0.1, 0.15) is 5.69 Å². The van der Waals surface area contributed by atoms with Crippen molar-refractivity contribution in [3.63, 3.8) is 0 Å². The molecule has 1 amide bonds. The van der Waals surface area contributed by atoms with Crippen LogP contribution in [0, 0.1) is 0 Å². The van der Waals surface area contributed by atoms with Gasteiger partial charge in [-0.25, -0.2) is 0 Å². The smallest absolute Gasteiger partial charge is 0.271 e. The summed E-state index contributed by atoms with van der Waals surface area (Å²) >= 11 is 0. The fourth-order valence-electron chi connectivity index (χ4n) is 2.54. The van der Waals surface area contributed by atoms with E-state index >= 15 is 0 Å². The van der Waals surface area contributed by atoms with Crippen LogP contribution < -0.4 is 5.32 Å². The normalized spacial score (nSPS) is 17.2. The van der Waals surface area contributed by atoms with Crippen molar-refractivity contribution in [2.75, 3.05) is 6.54 Å². The van der Waals surface area contributed by atoms with Crippen LogP contribution in [0.5, 0.6) is 0 Å². The molecule has 0 bridgehead atoms. The predicted molar refractivity (Wildman–Crippen MR) is 70.8 cm³/mol. The van der Waals surface area contributed by atoms with Crippen molar-refractivity contribution in [3.8, 4) is 0 Å². The summed E-state index contributed by atoms with van der Waals surface area (Å²) in [6, 6.07) is 5.80. The van der Waals surface area contributed by atoms with Gasteiger partial charge in [0.15, 0.2) is 0 Å². The third-order valence-electron chi connectivity index (χ3n) is 3.53. The summed E-state index contributed by atoms with van der Waals surface area (Å²) in [7, 11) is 1.80. The Hall–Kier alpha value is -2.17. The molecule has 0 fully saturated rings. The Morgan fingerprint density at radius 2 is 2.42 bits per heavy atom. The predicted octanol–water partition coefficient (Wildman–Crippen LogP) is 1.27. The maximum Gasteiger partial charge on any atom is 0.271 e. The van der Waals surface area contributed by atoms with Crippen LogP contribution in [-0.2, 0) is 13.5 Å². The van der Waals surface area contributed by atoms with Crippen molar-refractivity contribution in [1.82, 2.24) is 20.1 Å². The van der Waals surface area contributed by atoms with Crippen molar-refractivity contribution in [3.05, 3.63) is 47.5 Å². The van der Waals surface area contributed by atoms with Crippen LogP contribution in [0.15, 0.2) is 30.6 Å². The monoisotopic (exact) mass is 256 g/mol. The Morgan fingerprint density at radius 3 is 3.21 bits per heavy atom. The summed E-state index contributed by atoms with van der Waals surface area (Å²) in [6.07, 6.45) is 5.68. The highest BCUT2D eigenvalue weighted by atomic mass is 16.1. The first-order valence-corrected chi connectivity index (χ1v) is 6.45. The number of amides is 1. The number of nitrogens with zero attached hydrogens (tertiary/aromatic N) is 3. The maximum atomic E-state index is 11.9. The lowest BCUT2D eigenvalue weighted by Gasteiger charge is -2.11. The lowest BCUT2D eigenvalue weighted by atomic mass is 10.1. The van der Waals surface area contributed by atoms with Crippen LogP contribution in [0.2, 0.25) is 0 Å². The molecule has 2 aromatic heterocycles. The number of carbonyl (C=O) groups excluding carboxylic acids is 1. The molecule has 2 aromatic rings. The number of fused-ring (bicyclic) bond motifs is 1. The van der Waals surface area contributed by atoms with Gasteiger partial charge in [-0.05, 0) is 30.5 Å². The molecule has 0 radical (unpaired) electrons. The third kappa shape index (κ3) is 2.36. The third-order valence-corrected chi connectivity index (χ3v) is 3.53. The molecule has 2 heterocycles. The zero-order valence-electron chi connectivity index (χ0n) is 10.8. The summed E-state index contributed by atoms with van der Waals surface area (Å²) in [6.45, 7) is 0.624. The topological polar surface area (TPSA) is 59.8 Å². The molecule has 0 saturated carbocycles. The van der Waals surface area contributed by atoms with E-state index in [0.717, 1.165) is 18.5 Å². The average Bonchev–Trinajstić information content (AvgIpc) is 3.02. The molecule has 1 N–H and O–H groups in total. The van der Waals surface area contributed by atoms with Gasteiger partial charge in [0.2, 0.25) is 0 Å². The van der Waals surface area contributed by atoms with Gasteiger partial charge >= 0.3 is 0 Å². The standard InChI is InChI=1S/C14H16N4O/c1-18-8-6-12(17-18)14(19)16-9-11-5-4-10-3-2-7-15-13(10)11/h2-3,6-8,11H,4-5,9H2,1H3,(H,16,19). The first-order chi connectivity index (χ1) is 9.24. The Morgan fingerprint density at radius 1 is 1.53 bits per heavy atom. The molecule has 98 valence electrons. The number of aromatic nitrogens is 3. The molecule has 0 saturated heterocycles. The van der Waals surface area contributed by atoms with E-state index < -0.39 is 0 Å². The highest BCUT2D eigenvalue weighted by molar-refractivity contribution is 5.92. The van der Waals surface area contributed by atoms with E-state index in [4.69, 9.17) is 0 Å². The van der Waals surface area contributed by atoms with E-state index in [-0.39, 0.29) is 5.91 Å². The molecule has 3 rings (SSSR count). The van der Waals surface area contributed by atoms with Crippen LogP contribution in [-0.4, -0.2) is 27.2 Å². The zero-order valence-corrected chi connectivity index (χ0v) is 10.8. The molecule has 19 heavy (non-hydrogen) atoms. The number of aryl methyl sites for hydroxylation is 2. The van der Waals surface area contributed by atoms with Crippen molar-refractivity contribution < 1.29 is 4.79 Å². The Bertz CT molecular complexity index is 605. The van der Waals surface area contributed by atoms with Crippen LogP contribution in [0.3, 0.4) is 0 Å². The second-order valence-corrected chi connectivity index (χ2v) is 4.87. The number of carbonyl (C=O) groups is 1. The average molecular weight is 256 g/mol. The van der Waals surface area contributed by atoms with Gasteiger partial charge in [0, 0.05) is 37.6 Å². The molecule has 1 unspecified atom stereocenters. The fourth-order valence-corrected chi connectivity index (χ4v) is 2.54. The van der Waals surface area contributed by atoms with Crippen LogP contribution in [0.25, 0.3) is 0 Å². The second kappa shape index (κ2) is 4.84. The molecule has 1 atom stereocenters. The van der Waals surface area contributed by atoms with E-state index in [1.807, 2.05) is 12.3 Å². The lowest BCUT2D eigenvalue weighted by molar-refractivity contribution is 0.0945. The van der Waals surface area contributed by atoms with Gasteiger partial charge in [-0.2, -0.15) is 5.10 Å². The Balaban J connectivity index is 1.63. The van der Waals surface area contributed by atoms with Crippen LogP contribution >= 0.6 is 0 Å². The number of nitrogens with one attached hydrogen (secondary N) is 1. The SMILES string of the molecule is Cn1ccc(C(=O)NCC2CCc3cccnc32)n1. The molecular weight excluding hydrogens is 240 g/mol. The first-order valence-electron chi connectivity index (χ1n) is 6.45. The summed E-state index contributed by atoms with van der Waals surface area (Å²) in [4.78, 5) is 16.3. The number of hydrogen-bond acceptors (Lipinski definition) is 3. The van der Waals surface area contributed by atoms with Gasteiger partial charge in [0.25, 0.3) is 5.91 Å².